The maximum absolute atomic E-state index is 5.50. The van der Waals surface area contributed by atoms with Crippen LogP contribution in [0.4, 0.5) is 16.5 Å². The van der Waals surface area contributed by atoms with Crippen LogP contribution in [-0.4, -0.2) is 47.1 Å². The van der Waals surface area contributed by atoms with Gasteiger partial charge in [-0.3, -0.25) is 0 Å². The molecule has 3 rings (SSSR count). The van der Waals surface area contributed by atoms with Gasteiger partial charge < -0.3 is 31.5 Å². The molecule has 0 spiro atoms. The smallest absolute Gasteiger partial charge is 0.409 e. The number of ether oxygens (including phenoxy) is 3. The number of aryl methyl sites for hydroxylation is 1. The highest BCUT2D eigenvalue weighted by molar-refractivity contribution is 7.21. The molecule has 0 aliphatic heterocycles. The Labute approximate surface area is 193 Å². The predicted octanol–water partition coefficient (Wildman–Crippen LogP) is 1.64. The van der Waals surface area contributed by atoms with Crippen LogP contribution in [0.2, 0.25) is 0 Å². The fraction of sp³-hybridized carbons (Fsp3) is 0.409. The molecule has 31 heavy (non-hydrogen) atoms. The number of likely N-dealkylation sites (N-methyl/N-ethyl adjacent to an activating group) is 1. The number of halogens is 1. The van der Waals surface area contributed by atoms with E-state index in [0.717, 1.165) is 45.6 Å². The molecule has 0 bridgehead atoms. The summed E-state index contributed by atoms with van der Waals surface area (Å²) in [6.45, 7) is 4.34. The van der Waals surface area contributed by atoms with Crippen LogP contribution < -0.4 is 26.6 Å². The normalized spacial score (nSPS) is 12.2. The van der Waals surface area contributed by atoms with Crippen LogP contribution in [0.1, 0.15) is 6.92 Å². The molecular weight excluding hydrogens is 436 g/mol. The van der Waals surface area contributed by atoms with E-state index in [4.69, 9.17) is 14.2 Å². The van der Waals surface area contributed by atoms with Crippen molar-refractivity contribution in [2.24, 2.45) is 17.3 Å². The summed E-state index contributed by atoms with van der Waals surface area (Å²) in [6.07, 6.45) is 0.0286. The van der Waals surface area contributed by atoms with Crippen molar-refractivity contribution >= 4 is 38.1 Å². The van der Waals surface area contributed by atoms with Crippen LogP contribution in [0.5, 0.6) is 5.75 Å². The van der Waals surface area contributed by atoms with Crippen LogP contribution in [0.15, 0.2) is 52.7 Å². The molecule has 1 atom stereocenters. The zero-order chi connectivity index (χ0) is 21.5. The van der Waals surface area contributed by atoms with Gasteiger partial charge >= 0.3 is 5.13 Å². The van der Waals surface area contributed by atoms with Crippen molar-refractivity contribution < 1.29 is 31.2 Å². The number of anilines is 1. The lowest BCUT2D eigenvalue weighted by molar-refractivity contribution is -0.627. The molecule has 1 unspecified atom stereocenters. The monoisotopic (exact) mass is 464 g/mol. The highest BCUT2D eigenvalue weighted by atomic mass is 35.5. The number of hydrogen-bond donors (Lipinski definition) is 0. The lowest BCUT2D eigenvalue weighted by atomic mass is 10.2. The fourth-order valence-corrected chi connectivity index (χ4v) is 4.21. The SMILES string of the molecule is CCN(CC(COC)OC)c1ccc(N=Nc2sc3cc(OC)ccc3[n+]2C)cc1.[Cl-]. The Kier molecular flexibility index (Phi) is 9.64. The number of hydrogen-bond acceptors (Lipinski definition) is 7. The van der Waals surface area contributed by atoms with E-state index in [-0.39, 0.29) is 18.5 Å². The van der Waals surface area contributed by atoms with Crippen molar-refractivity contribution in [3.05, 3.63) is 42.5 Å². The third kappa shape index (κ3) is 6.13. The van der Waals surface area contributed by atoms with E-state index >= 15 is 0 Å². The maximum atomic E-state index is 5.50. The van der Waals surface area contributed by atoms with Gasteiger partial charge in [0.1, 0.15) is 17.0 Å². The number of rotatable bonds is 10. The lowest BCUT2D eigenvalue weighted by Crippen LogP contribution is -3.00. The van der Waals surface area contributed by atoms with Gasteiger partial charge in [-0.1, -0.05) is 0 Å². The Morgan fingerprint density at radius 3 is 2.42 bits per heavy atom. The van der Waals surface area contributed by atoms with Crippen molar-refractivity contribution in [2.45, 2.75) is 13.0 Å². The number of aromatic nitrogens is 1. The molecule has 9 heteroatoms. The Morgan fingerprint density at radius 1 is 1.06 bits per heavy atom. The van der Waals surface area contributed by atoms with E-state index < -0.39 is 0 Å². The minimum absolute atomic E-state index is 0. The van der Waals surface area contributed by atoms with Gasteiger partial charge in [0.25, 0.3) is 0 Å². The molecule has 0 aliphatic carbocycles. The first-order valence-electron chi connectivity index (χ1n) is 9.84. The summed E-state index contributed by atoms with van der Waals surface area (Å²) in [7, 11) is 7.07. The first-order valence-corrected chi connectivity index (χ1v) is 10.7. The molecule has 0 aliphatic rings. The molecule has 7 nitrogen and oxygen atoms in total. The van der Waals surface area contributed by atoms with E-state index in [1.165, 1.54) is 0 Å². The van der Waals surface area contributed by atoms with E-state index in [2.05, 4.69) is 34.2 Å². The second-order valence-corrected chi connectivity index (χ2v) is 7.85. The van der Waals surface area contributed by atoms with Crippen molar-refractivity contribution in [3.63, 3.8) is 0 Å². The van der Waals surface area contributed by atoms with Gasteiger partial charge in [-0.05, 0) is 59.8 Å². The Balaban J connectivity index is 0.00000341. The Morgan fingerprint density at radius 2 is 1.81 bits per heavy atom. The molecule has 1 heterocycles. The van der Waals surface area contributed by atoms with Gasteiger partial charge in [-0.25, -0.2) is 4.57 Å². The summed E-state index contributed by atoms with van der Waals surface area (Å²) in [6, 6.07) is 14.1. The number of benzene rings is 2. The van der Waals surface area contributed by atoms with E-state index in [1.807, 2.05) is 41.9 Å². The van der Waals surface area contributed by atoms with Gasteiger partial charge in [-0.15, -0.1) is 0 Å². The van der Waals surface area contributed by atoms with Crippen molar-refractivity contribution in [1.82, 2.24) is 0 Å². The molecule has 0 fully saturated rings. The highest BCUT2D eigenvalue weighted by Gasteiger charge is 2.17. The molecule has 3 aromatic rings. The van der Waals surface area contributed by atoms with Gasteiger partial charge in [0.2, 0.25) is 0 Å². The van der Waals surface area contributed by atoms with Gasteiger partial charge in [0.05, 0.1) is 36.7 Å². The molecule has 2 aromatic carbocycles. The lowest BCUT2D eigenvalue weighted by Gasteiger charge is -2.27. The molecule has 0 amide bonds. The Bertz CT molecular complexity index is 994. The van der Waals surface area contributed by atoms with Crippen LogP contribution in [0.3, 0.4) is 0 Å². The highest BCUT2D eigenvalue weighted by Crippen LogP contribution is 2.30. The van der Waals surface area contributed by atoms with Crippen LogP contribution in [-0.2, 0) is 16.5 Å². The van der Waals surface area contributed by atoms with Crippen molar-refractivity contribution in [1.29, 1.82) is 0 Å². The van der Waals surface area contributed by atoms with E-state index in [9.17, 15) is 0 Å². The average Bonchev–Trinajstić information content (AvgIpc) is 3.10. The number of thiazole rings is 1. The number of nitrogens with zero attached hydrogens (tertiary/aromatic N) is 4. The maximum Gasteiger partial charge on any atom is 0.409 e. The molecule has 0 N–H and O–H groups in total. The van der Waals surface area contributed by atoms with E-state index in [1.54, 1.807) is 32.7 Å². The first kappa shape index (κ1) is 25.0. The molecule has 168 valence electrons. The van der Waals surface area contributed by atoms with Gasteiger partial charge in [0, 0.05) is 39.1 Å². The molecule has 0 radical (unpaired) electrons. The van der Waals surface area contributed by atoms with Gasteiger partial charge in [-0.2, -0.15) is 0 Å². The van der Waals surface area contributed by atoms with Crippen molar-refractivity contribution in [3.8, 4) is 5.75 Å². The average molecular weight is 465 g/mol. The minimum atomic E-state index is 0. The molecule has 1 aromatic heterocycles. The quantitative estimate of drug-likeness (QED) is 0.338. The zero-order valence-corrected chi connectivity index (χ0v) is 20.1. The number of methoxy groups -OCH3 is 3. The topological polar surface area (TPSA) is 59.5 Å². The number of fused-ring (bicyclic) bond motifs is 1. The van der Waals surface area contributed by atoms with E-state index in [0.29, 0.717) is 6.61 Å². The molecule has 0 saturated heterocycles. The van der Waals surface area contributed by atoms with Gasteiger partial charge in [0.15, 0.2) is 0 Å². The summed E-state index contributed by atoms with van der Waals surface area (Å²) in [5.41, 5.74) is 3.03. The summed E-state index contributed by atoms with van der Waals surface area (Å²) in [5.74, 6) is 0.838. The van der Waals surface area contributed by atoms with Crippen LogP contribution in [0, 0.1) is 0 Å². The first-order chi connectivity index (χ1) is 14.6. The fourth-order valence-electron chi connectivity index (χ4n) is 3.21. The Hall–Kier alpha value is -2.26. The summed E-state index contributed by atoms with van der Waals surface area (Å²) >= 11 is 1.59. The third-order valence-corrected chi connectivity index (χ3v) is 6.06. The second kappa shape index (κ2) is 12.0. The third-order valence-electron chi connectivity index (χ3n) is 4.97. The zero-order valence-electron chi connectivity index (χ0n) is 18.5. The van der Waals surface area contributed by atoms with Crippen LogP contribution >= 0.6 is 11.3 Å². The number of azo groups is 1. The minimum Gasteiger partial charge on any atom is -1.00 e. The standard InChI is InChI=1S/C22H29N4O3S.ClH/c1-6-26(14-19(29-5)15-27-3)17-9-7-16(8-10-17)23-24-22-25(2)20-12-11-18(28-4)13-21(20)30-22;/h7-13,19H,6,14-15H2,1-5H3;1H/q+1;/p-1. The summed E-state index contributed by atoms with van der Waals surface area (Å²) in [4.78, 5) is 2.26. The largest absolute Gasteiger partial charge is 1.00 e. The van der Waals surface area contributed by atoms with Crippen molar-refractivity contribution in [2.75, 3.05) is 45.9 Å². The predicted molar refractivity (Wildman–Crippen MR) is 121 cm³/mol. The molecule has 0 saturated carbocycles. The molecular formula is C22H29ClN4O3S. The van der Waals surface area contributed by atoms with Crippen LogP contribution in [0.25, 0.3) is 10.2 Å². The summed E-state index contributed by atoms with van der Waals surface area (Å²) < 4.78 is 19.2. The second-order valence-electron chi connectivity index (χ2n) is 6.85. The summed E-state index contributed by atoms with van der Waals surface area (Å²) in [5, 5.41) is 9.73.